The molecular weight excluding hydrogens is 176 g/mol. The topological polar surface area (TPSA) is 24.5 Å². The molecule has 1 N–H and O–H groups in total. The lowest BCUT2D eigenvalue weighted by Crippen LogP contribution is -2.47. The molecule has 2 aliphatic heterocycles. The van der Waals surface area contributed by atoms with E-state index in [1.54, 1.807) is 0 Å². The van der Waals surface area contributed by atoms with Crippen molar-refractivity contribution in [1.82, 2.24) is 10.2 Å². The van der Waals surface area contributed by atoms with Gasteiger partial charge in [0.1, 0.15) is 0 Å². The molecule has 2 heterocycles. The molecule has 0 aliphatic carbocycles. The minimum atomic E-state index is 0.426. The highest BCUT2D eigenvalue weighted by Crippen LogP contribution is 2.23. The van der Waals surface area contributed by atoms with Crippen LogP contribution in [0.1, 0.15) is 26.7 Å². The molecule has 0 bridgehead atoms. The first-order chi connectivity index (χ1) is 6.83. The predicted molar refractivity (Wildman–Crippen MR) is 57.5 cm³/mol. The first-order valence-electron chi connectivity index (χ1n) is 5.91. The van der Waals surface area contributed by atoms with E-state index < -0.39 is 0 Å². The van der Waals surface area contributed by atoms with Crippen molar-refractivity contribution >= 4 is 0 Å². The smallest absolute Gasteiger partial charge is 0.0703 e. The molecule has 3 unspecified atom stereocenters. The summed E-state index contributed by atoms with van der Waals surface area (Å²) in [7, 11) is 0. The molecule has 2 aliphatic rings. The Bertz CT molecular complexity index is 180. The Morgan fingerprint density at radius 3 is 2.79 bits per heavy atom. The maximum Gasteiger partial charge on any atom is 0.0703 e. The zero-order valence-electron chi connectivity index (χ0n) is 9.33. The molecule has 0 aromatic carbocycles. The Labute approximate surface area is 86.8 Å². The average Bonchev–Trinajstić information content (AvgIpc) is 2.80. The summed E-state index contributed by atoms with van der Waals surface area (Å²) in [5.41, 5.74) is 0. The van der Waals surface area contributed by atoms with Crippen molar-refractivity contribution in [3.05, 3.63) is 0 Å². The molecule has 3 nitrogen and oxygen atoms in total. The van der Waals surface area contributed by atoms with Crippen molar-refractivity contribution < 1.29 is 4.74 Å². The standard InChI is InChI=1S/C11H22N2O/c1-3-13(10-4-6-12-8-10)11-5-7-14-9(11)2/h9-12H,3-8H2,1-2H3. The summed E-state index contributed by atoms with van der Waals surface area (Å²) >= 11 is 0. The van der Waals surface area contributed by atoms with Crippen LogP contribution >= 0.6 is 0 Å². The number of ether oxygens (including phenoxy) is 1. The molecule has 0 amide bonds. The molecule has 2 fully saturated rings. The van der Waals surface area contributed by atoms with E-state index in [9.17, 15) is 0 Å². The Balaban J connectivity index is 1.96. The number of hydrogen-bond donors (Lipinski definition) is 1. The van der Waals surface area contributed by atoms with Crippen molar-refractivity contribution in [3.8, 4) is 0 Å². The zero-order chi connectivity index (χ0) is 9.97. The van der Waals surface area contributed by atoms with Crippen LogP contribution < -0.4 is 5.32 Å². The molecule has 0 spiro atoms. The van der Waals surface area contributed by atoms with Gasteiger partial charge in [-0.1, -0.05) is 6.92 Å². The highest BCUT2D eigenvalue weighted by molar-refractivity contribution is 4.89. The zero-order valence-corrected chi connectivity index (χ0v) is 9.33. The summed E-state index contributed by atoms with van der Waals surface area (Å²) in [4.78, 5) is 2.64. The fourth-order valence-electron chi connectivity index (χ4n) is 2.84. The van der Waals surface area contributed by atoms with Gasteiger partial charge in [-0.05, 0) is 32.9 Å². The Morgan fingerprint density at radius 1 is 1.43 bits per heavy atom. The minimum absolute atomic E-state index is 0.426. The minimum Gasteiger partial charge on any atom is -0.377 e. The lowest BCUT2D eigenvalue weighted by molar-refractivity contribution is 0.0599. The first kappa shape index (κ1) is 10.4. The molecule has 14 heavy (non-hydrogen) atoms. The molecule has 3 atom stereocenters. The van der Waals surface area contributed by atoms with E-state index in [2.05, 4.69) is 24.1 Å². The predicted octanol–water partition coefficient (Wildman–Crippen LogP) is 0.848. The summed E-state index contributed by atoms with van der Waals surface area (Å²) in [5, 5.41) is 3.44. The van der Waals surface area contributed by atoms with Crippen molar-refractivity contribution in [2.45, 2.75) is 44.9 Å². The maximum atomic E-state index is 5.65. The summed E-state index contributed by atoms with van der Waals surface area (Å²) in [6, 6.07) is 1.40. The van der Waals surface area contributed by atoms with Crippen molar-refractivity contribution in [2.75, 3.05) is 26.2 Å². The van der Waals surface area contributed by atoms with Gasteiger partial charge in [0.25, 0.3) is 0 Å². The lowest BCUT2D eigenvalue weighted by Gasteiger charge is -2.34. The molecule has 0 saturated carbocycles. The highest BCUT2D eigenvalue weighted by Gasteiger charge is 2.34. The normalized spacial score (nSPS) is 38.4. The molecule has 0 radical (unpaired) electrons. The maximum absolute atomic E-state index is 5.65. The largest absolute Gasteiger partial charge is 0.377 e. The highest BCUT2D eigenvalue weighted by atomic mass is 16.5. The van der Waals surface area contributed by atoms with Gasteiger partial charge in [-0.3, -0.25) is 4.90 Å². The number of rotatable bonds is 3. The summed E-state index contributed by atoms with van der Waals surface area (Å²) in [5.74, 6) is 0. The Hall–Kier alpha value is -0.120. The second-order valence-corrected chi connectivity index (χ2v) is 4.41. The number of hydrogen-bond acceptors (Lipinski definition) is 3. The summed E-state index contributed by atoms with van der Waals surface area (Å²) in [6.07, 6.45) is 2.94. The number of nitrogens with one attached hydrogen (secondary N) is 1. The van der Waals surface area contributed by atoms with E-state index in [4.69, 9.17) is 4.74 Å². The van der Waals surface area contributed by atoms with E-state index in [0.717, 1.165) is 25.7 Å². The SMILES string of the molecule is CCN(C1CCNC1)C1CCOC1C. The first-order valence-corrected chi connectivity index (χ1v) is 5.91. The van der Waals surface area contributed by atoms with E-state index >= 15 is 0 Å². The van der Waals surface area contributed by atoms with Crippen molar-refractivity contribution in [1.29, 1.82) is 0 Å². The Kier molecular flexibility index (Phi) is 3.42. The molecule has 2 rings (SSSR count). The summed E-state index contributed by atoms with van der Waals surface area (Å²) < 4.78 is 5.65. The van der Waals surface area contributed by atoms with Crippen LogP contribution in [-0.4, -0.2) is 49.3 Å². The van der Waals surface area contributed by atoms with Crippen LogP contribution in [0.4, 0.5) is 0 Å². The average molecular weight is 198 g/mol. The van der Waals surface area contributed by atoms with Gasteiger partial charge in [-0.2, -0.15) is 0 Å². The second-order valence-electron chi connectivity index (χ2n) is 4.41. The van der Waals surface area contributed by atoms with E-state index in [0.29, 0.717) is 12.1 Å². The van der Waals surface area contributed by atoms with Crippen molar-refractivity contribution in [3.63, 3.8) is 0 Å². The molecule has 82 valence electrons. The quantitative estimate of drug-likeness (QED) is 0.727. The van der Waals surface area contributed by atoms with E-state index in [1.165, 1.54) is 19.4 Å². The van der Waals surface area contributed by atoms with Crippen LogP contribution in [0.3, 0.4) is 0 Å². The van der Waals surface area contributed by atoms with Gasteiger partial charge in [-0.15, -0.1) is 0 Å². The fraction of sp³-hybridized carbons (Fsp3) is 1.00. The van der Waals surface area contributed by atoms with Gasteiger partial charge in [-0.25, -0.2) is 0 Å². The molecule has 0 aromatic rings. The van der Waals surface area contributed by atoms with Crippen LogP contribution in [0.2, 0.25) is 0 Å². The molecular formula is C11H22N2O. The van der Waals surface area contributed by atoms with Gasteiger partial charge in [0, 0.05) is 25.2 Å². The van der Waals surface area contributed by atoms with Crippen molar-refractivity contribution in [2.24, 2.45) is 0 Å². The van der Waals surface area contributed by atoms with Crippen LogP contribution in [0, 0.1) is 0 Å². The van der Waals surface area contributed by atoms with Gasteiger partial charge >= 0.3 is 0 Å². The number of likely N-dealkylation sites (N-methyl/N-ethyl adjacent to an activating group) is 1. The Morgan fingerprint density at radius 2 is 2.29 bits per heavy atom. The van der Waals surface area contributed by atoms with E-state index in [-0.39, 0.29) is 0 Å². The summed E-state index contributed by atoms with van der Waals surface area (Å²) in [6.45, 7) is 8.93. The third-order valence-corrected chi connectivity index (χ3v) is 3.63. The molecule has 2 saturated heterocycles. The van der Waals surface area contributed by atoms with Crippen LogP contribution in [-0.2, 0) is 4.74 Å². The van der Waals surface area contributed by atoms with E-state index in [1.807, 2.05) is 0 Å². The molecule has 0 aromatic heterocycles. The number of nitrogens with zero attached hydrogens (tertiary/aromatic N) is 1. The third kappa shape index (κ3) is 1.95. The van der Waals surface area contributed by atoms with Gasteiger partial charge in [0.2, 0.25) is 0 Å². The fourth-order valence-corrected chi connectivity index (χ4v) is 2.84. The van der Waals surface area contributed by atoms with Gasteiger partial charge < -0.3 is 10.1 Å². The van der Waals surface area contributed by atoms with Gasteiger partial charge in [0.15, 0.2) is 0 Å². The monoisotopic (exact) mass is 198 g/mol. The van der Waals surface area contributed by atoms with Crippen LogP contribution in [0.15, 0.2) is 0 Å². The van der Waals surface area contributed by atoms with Crippen LogP contribution in [0.25, 0.3) is 0 Å². The lowest BCUT2D eigenvalue weighted by atomic mass is 10.1. The van der Waals surface area contributed by atoms with Crippen LogP contribution in [0.5, 0.6) is 0 Å². The molecule has 3 heteroatoms. The third-order valence-electron chi connectivity index (χ3n) is 3.63. The second kappa shape index (κ2) is 4.60. The van der Waals surface area contributed by atoms with Gasteiger partial charge in [0.05, 0.1) is 6.10 Å².